The number of esters is 2. The molecule has 0 aliphatic heterocycles. The number of carbonyl (C=O) groups is 2. The van der Waals surface area contributed by atoms with Crippen molar-refractivity contribution in [2.75, 3.05) is 14.2 Å². The highest BCUT2D eigenvalue weighted by Gasteiger charge is 2.29. The molecule has 2 unspecified atom stereocenters. The Bertz CT molecular complexity index is 531. The van der Waals surface area contributed by atoms with E-state index in [4.69, 9.17) is 4.74 Å². The molecule has 23 heavy (non-hydrogen) atoms. The van der Waals surface area contributed by atoms with Crippen LogP contribution in [0.15, 0.2) is 24.3 Å². The summed E-state index contributed by atoms with van der Waals surface area (Å²) in [5.74, 6) is -0.596. The van der Waals surface area contributed by atoms with E-state index in [9.17, 15) is 9.59 Å². The highest BCUT2D eigenvalue weighted by Crippen LogP contribution is 2.22. The second-order valence-corrected chi connectivity index (χ2v) is 6.58. The van der Waals surface area contributed by atoms with Gasteiger partial charge in [0.15, 0.2) is 0 Å². The van der Waals surface area contributed by atoms with E-state index in [1.165, 1.54) is 7.11 Å². The Morgan fingerprint density at radius 3 is 2.17 bits per heavy atom. The monoisotopic (exact) mass is 321 g/mol. The summed E-state index contributed by atoms with van der Waals surface area (Å²) in [4.78, 5) is 23.6. The molecule has 0 radical (unpaired) electrons. The first-order valence-electron chi connectivity index (χ1n) is 7.73. The summed E-state index contributed by atoms with van der Waals surface area (Å²) in [7, 11) is 3.12. The highest BCUT2D eigenvalue weighted by atomic mass is 16.6. The van der Waals surface area contributed by atoms with Gasteiger partial charge in [-0.15, -0.1) is 0 Å². The molecule has 1 N–H and O–H groups in total. The van der Waals surface area contributed by atoms with E-state index >= 15 is 0 Å². The van der Waals surface area contributed by atoms with Gasteiger partial charge in [0.1, 0.15) is 11.6 Å². The summed E-state index contributed by atoms with van der Waals surface area (Å²) in [6.45, 7) is 7.53. The summed E-state index contributed by atoms with van der Waals surface area (Å²) in [5, 5.41) is 3.03. The van der Waals surface area contributed by atoms with E-state index in [2.05, 4.69) is 10.1 Å². The van der Waals surface area contributed by atoms with Gasteiger partial charge in [0.05, 0.1) is 13.5 Å². The Kier molecular flexibility index (Phi) is 6.76. The van der Waals surface area contributed by atoms with Crippen molar-refractivity contribution in [3.63, 3.8) is 0 Å². The number of methoxy groups -OCH3 is 1. The van der Waals surface area contributed by atoms with E-state index in [-0.39, 0.29) is 24.3 Å². The van der Waals surface area contributed by atoms with Crippen LogP contribution in [0.4, 0.5) is 0 Å². The summed E-state index contributed by atoms with van der Waals surface area (Å²) in [6.07, 6.45) is 0.243. The second kappa shape index (κ2) is 8.11. The lowest BCUT2D eigenvalue weighted by atomic mass is 9.92. The lowest BCUT2D eigenvalue weighted by molar-refractivity contribution is -0.157. The van der Waals surface area contributed by atoms with Crippen LogP contribution in [0.5, 0.6) is 0 Å². The molecule has 5 heteroatoms. The summed E-state index contributed by atoms with van der Waals surface area (Å²) in [5.41, 5.74) is 1.37. The van der Waals surface area contributed by atoms with Gasteiger partial charge < -0.3 is 14.8 Å². The Balaban J connectivity index is 2.83. The van der Waals surface area contributed by atoms with Crippen molar-refractivity contribution < 1.29 is 19.1 Å². The standard InChI is InChI=1S/C18H27NO4/c1-12(16(19-5)17(21)23-18(2,3)4)14-9-7-13(8-10-14)11-15(20)22-6/h7-10,12,16,19H,11H2,1-6H3. The highest BCUT2D eigenvalue weighted by molar-refractivity contribution is 5.77. The maximum absolute atomic E-state index is 12.3. The SMILES string of the molecule is CNC(C(=O)OC(C)(C)C)C(C)c1ccc(CC(=O)OC)cc1. The van der Waals surface area contributed by atoms with Crippen LogP contribution in [0.2, 0.25) is 0 Å². The van der Waals surface area contributed by atoms with Gasteiger partial charge in [-0.2, -0.15) is 0 Å². The predicted molar refractivity (Wildman–Crippen MR) is 89.3 cm³/mol. The molecule has 5 nitrogen and oxygen atoms in total. The van der Waals surface area contributed by atoms with Gasteiger partial charge in [-0.05, 0) is 38.9 Å². The summed E-state index contributed by atoms with van der Waals surface area (Å²) in [6, 6.07) is 7.19. The van der Waals surface area contributed by atoms with Crippen molar-refractivity contribution >= 4 is 11.9 Å². The van der Waals surface area contributed by atoms with Crippen LogP contribution < -0.4 is 5.32 Å². The molecule has 0 aromatic heterocycles. The zero-order chi connectivity index (χ0) is 17.6. The number of hydrogen-bond acceptors (Lipinski definition) is 5. The van der Waals surface area contributed by atoms with Crippen molar-refractivity contribution in [3.8, 4) is 0 Å². The third-order valence-corrected chi connectivity index (χ3v) is 3.55. The Morgan fingerprint density at radius 2 is 1.74 bits per heavy atom. The number of benzene rings is 1. The number of likely N-dealkylation sites (N-methyl/N-ethyl adjacent to an activating group) is 1. The molecule has 2 atom stereocenters. The molecule has 0 aliphatic rings. The van der Waals surface area contributed by atoms with Crippen LogP contribution in [0.1, 0.15) is 44.7 Å². The van der Waals surface area contributed by atoms with Gasteiger partial charge in [0.25, 0.3) is 0 Å². The van der Waals surface area contributed by atoms with Crippen molar-refractivity contribution in [2.24, 2.45) is 0 Å². The van der Waals surface area contributed by atoms with E-state index in [1.54, 1.807) is 7.05 Å². The van der Waals surface area contributed by atoms with E-state index in [0.29, 0.717) is 0 Å². The van der Waals surface area contributed by atoms with Crippen LogP contribution >= 0.6 is 0 Å². The lowest BCUT2D eigenvalue weighted by Gasteiger charge is -2.27. The average molecular weight is 321 g/mol. The van der Waals surface area contributed by atoms with Gasteiger partial charge in [-0.3, -0.25) is 9.59 Å². The van der Waals surface area contributed by atoms with Crippen LogP contribution in [0.25, 0.3) is 0 Å². The van der Waals surface area contributed by atoms with E-state index < -0.39 is 11.6 Å². The van der Waals surface area contributed by atoms with Crippen LogP contribution in [-0.2, 0) is 25.5 Å². The molecule has 0 fully saturated rings. The van der Waals surface area contributed by atoms with E-state index in [0.717, 1.165) is 11.1 Å². The van der Waals surface area contributed by atoms with E-state index in [1.807, 2.05) is 52.0 Å². The molecular weight excluding hydrogens is 294 g/mol. The molecule has 0 heterocycles. The number of hydrogen-bond donors (Lipinski definition) is 1. The maximum atomic E-state index is 12.3. The first-order valence-corrected chi connectivity index (χ1v) is 7.73. The molecule has 1 aromatic rings. The maximum Gasteiger partial charge on any atom is 0.324 e. The fourth-order valence-corrected chi connectivity index (χ4v) is 2.31. The molecule has 128 valence electrons. The third-order valence-electron chi connectivity index (χ3n) is 3.55. The topological polar surface area (TPSA) is 64.6 Å². The summed E-state index contributed by atoms with van der Waals surface area (Å²) < 4.78 is 10.1. The third kappa shape index (κ3) is 6.02. The van der Waals surface area contributed by atoms with Gasteiger partial charge in [0, 0.05) is 5.92 Å². The fourth-order valence-electron chi connectivity index (χ4n) is 2.31. The molecule has 0 aliphatic carbocycles. The molecule has 0 saturated carbocycles. The molecular formula is C18H27NO4. The minimum atomic E-state index is -0.518. The van der Waals surface area contributed by atoms with Gasteiger partial charge in [-0.1, -0.05) is 31.2 Å². The molecule has 0 spiro atoms. The second-order valence-electron chi connectivity index (χ2n) is 6.58. The van der Waals surface area contributed by atoms with Gasteiger partial charge in [-0.25, -0.2) is 0 Å². The number of rotatable bonds is 6. The largest absolute Gasteiger partial charge is 0.469 e. The first kappa shape index (κ1) is 19.2. The minimum absolute atomic E-state index is 0.0537. The van der Waals surface area contributed by atoms with Crippen molar-refractivity contribution in [1.82, 2.24) is 5.32 Å². The number of nitrogens with one attached hydrogen (secondary N) is 1. The molecule has 1 rings (SSSR count). The number of ether oxygens (including phenoxy) is 2. The van der Waals surface area contributed by atoms with Crippen molar-refractivity contribution in [3.05, 3.63) is 35.4 Å². The lowest BCUT2D eigenvalue weighted by Crippen LogP contribution is -2.42. The van der Waals surface area contributed by atoms with Crippen molar-refractivity contribution in [2.45, 2.75) is 51.7 Å². The van der Waals surface area contributed by atoms with Crippen LogP contribution in [0.3, 0.4) is 0 Å². The van der Waals surface area contributed by atoms with Crippen LogP contribution in [0, 0.1) is 0 Å². The quantitative estimate of drug-likeness (QED) is 0.815. The normalized spacial score (nSPS) is 14.0. The Hall–Kier alpha value is -1.88. The van der Waals surface area contributed by atoms with Crippen molar-refractivity contribution in [1.29, 1.82) is 0 Å². The van der Waals surface area contributed by atoms with Crippen LogP contribution in [-0.4, -0.2) is 37.7 Å². The minimum Gasteiger partial charge on any atom is -0.469 e. The van der Waals surface area contributed by atoms with Gasteiger partial charge in [0.2, 0.25) is 0 Å². The average Bonchev–Trinajstić information content (AvgIpc) is 2.46. The zero-order valence-electron chi connectivity index (χ0n) is 14.8. The first-order chi connectivity index (χ1) is 10.7. The smallest absolute Gasteiger partial charge is 0.324 e. The zero-order valence-corrected chi connectivity index (χ0v) is 14.8. The Labute approximate surface area is 138 Å². The number of carbonyl (C=O) groups excluding carboxylic acids is 2. The fraction of sp³-hybridized carbons (Fsp3) is 0.556. The molecule has 0 bridgehead atoms. The Morgan fingerprint density at radius 1 is 1.17 bits per heavy atom. The van der Waals surface area contributed by atoms with Gasteiger partial charge >= 0.3 is 11.9 Å². The molecule has 1 aromatic carbocycles. The summed E-state index contributed by atoms with van der Waals surface area (Å²) >= 11 is 0. The molecule has 0 amide bonds. The molecule has 0 saturated heterocycles. The predicted octanol–water partition coefficient (Wildman–Crippen LogP) is 2.44.